The van der Waals surface area contributed by atoms with Gasteiger partial charge in [-0.1, -0.05) is 12.1 Å². The zero-order valence-corrected chi connectivity index (χ0v) is 13.3. The highest BCUT2D eigenvalue weighted by molar-refractivity contribution is 5.79. The Morgan fingerprint density at radius 3 is 2.55 bits per heavy atom. The summed E-state index contributed by atoms with van der Waals surface area (Å²) in [6.07, 6.45) is 0. The van der Waals surface area contributed by atoms with Gasteiger partial charge in [0.25, 0.3) is 0 Å². The van der Waals surface area contributed by atoms with Gasteiger partial charge in [0.05, 0.1) is 6.54 Å². The van der Waals surface area contributed by atoms with Crippen LogP contribution in [0.3, 0.4) is 0 Å². The molecule has 1 N–H and O–H groups in total. The molecular weight excluding hydrogens is 283 g/mol. The number of aliphatic imine (C=N–C) groups is 1. The number of benzene rings is 1. The third-order valence-electron chi connectivity index (χ3n) is 3.49. The third-order valence-corrected chi connectivity index (χ3v) is 3.49. The Morgan fingerprint density at radius 1 is 1.32 bits per heavy atom. The third kappa shape index (κ3) is 3.81. The highest BCUT2D eigenvalue weighted by Gasteiger charge is 2.09. The average Bonchev–Trinajstić information content (AvgIpc) is 2.82. The van der Waals surface area contributed by atoms with Crippen LogP contribution in [-0.4, -0.2) is 39.7 Å². The van der Waals surface area contributed by atoms with Crippen molar-refractivity contribution in [2.24, 2.45) is 12.0 Å². The normalized spacial score (nSPS) is 11.6. The molecule has 0 radical (unpaired) electrons. The number of aromatic nitrogens is 3. The van der Waals surface area contributed by atoms with Crippen molar-refractivity contribution in [3.63, 3.8) is 0 Å². The lowest BCUT2D eigenvalue weighted by molar-refractivity contribution is 0.473. The number of halogens is 1. The number of nitrogens with zero attached hydrogens (tertiary/aromatic N) is 5. The summed E-state index contributed by atoms with van der Waals surface area (Å²) in [6, 6.07) is 6.46. The number of nitrogens with one attached hydrogen (secondary N) is 1. The quantitative estimate of drug-likeness (QED) is 0.686. The molecule has 0 fully saturated rings. The number of guanidine groups is 1. The van der Waals surface area contributed by atoms with Crippen molar-refractivity contribution in [1.82, 2.24) is 25.0 Å². The van der Waals surface area contributed by atoms with Crippen molar-refractivity contribution in [2.45, 2.75) is 20.0 Å². The van der Waals surface area contributed by atoms with E-state index < -0.39 is 0 Å². The highest BCUT2D eigenvalue weighted by Crippen LogP contribution is 2.06. The van der Waals surface area contributed by atoms with Crippen molar-refractivity contribution in [3.8, 4) is 0 Å². The first-order chi connectivity index (χ1) is 10.5. The molecule has 0 aliphatic heterocycles. The minimum atomic E-state index is -0.230. The van der Waals surface area contributed by atoms with Crippen molar-refractivity contribution in [3.05, 3.63) is 47.3 Å². The highest BCUT2D eigenvalue weighted by atomic mass is 19.1. The van der Waals surface area contributed by atoms with Crippen LogP contribution in [0.2, 0.25) is 0 Å². The molecule has 0 atom stereocenters. The largest absolute Gasteiger partial charge is 0.349 e. The molecule has 1 aromatic heterocycles. The predicted molar refractivity (Wildman–Crippen MR) is 83.8 cm³/mol. The average molecular weight is 304 g/mol. The molecule has 2 aromatic rings. The predicted octanol–water partition coefficient (Wildman–Crippen LogP) is 1.47. The van der Waals surface area contributed by atoms with Gasteiger partial charge in [-0.15, -0.1) is 10.2 Å². The Morgan fingerprint density at radius 2 is 2.00 bits per heavy atom. The summed E-state index contributed by atoms with van der Waals surface area (Å²) in [6.45, 7) is 3.08. The molecule has 0 bridgehead atoms. The summed E-state index contributed by atoms with van der Waals surface area (Å²) >= 11 is 0. The van der Waals surface area contributed by atoms with Crippen LogP contribution in [0.1, 0.15) is 17.2 Å². The lowest BCUT2D eigenvalue weighted by Crippen LogP contribution is -2.38. The van der Waals surface area contributed by atoms with Crippen LogP contribution >= 0.6 is 0 Å². The van der Waals surface area contributed by atoms with Crippen LogP contribution in [0.15, 0.2) is 29.3 Å². The van der Waals surface area contributed by atoms with E-state index in [9.17, 15) is 4.39 Å². The molecule has 6 nitrogen and oxygen atoms in total. The molecule has 0 saturated carbocycles. The molecule has 1 aromatic carbocycles. The maximum absolute atomic E-state index is 12.9. The van der Waals surface area contributed by atoms with Crippen LogP contribution in [0.25, 0.3) is 0 Å². The number of hydrogen-bond donors (Lipinski definition) is 1. The monoisotopic (exact) mass is 304 g/mol. The summed E-state index contributed by atoms with van der Waals surface area (Å²) < 4.78 is 14.9. The second-order valence-electron chi connectivity index (χ2n) is 5.11. The minimum Gasteiger partial charge on any atom is -0.349 e. The lowest BCUT2D eigenvalue weighted by atomic mass is 10.2. The molecular formula is C15H21FN6. The summed E-state index contributed by atoms with van der Waals surface area (Å²) in [5, 5.41) is 11.4. The van der Waals surface area contributed by atoms with Crippen molar-refractivity contribution >= 4 is 5.96 Å². The first-order valence-electron chi connectivity index (χ1n) is 7.02. The zero-order chi connectivity index (χ0) is 16.1. The molecule has 118 valence electrons. The molecule has 0 aliphatic rings. The fraction of sp³-hybridized carbons (Fsp3) is 0.400. The van der Waals surface area contributed by atoms with Crippen LogP contribution < -0.4 is 5.32 Å². The Balaban J connectivity index is 1.96. The van der Waals surface area contributed by atoms with Gasteiger partial charge in [-0.2, -0.15) is 0 Å². The number of aryl methyl sites for hydroxylation is 1. The zero-order valence-electron chi connectivity index (χ0n) is 13.3. The molecule has 0 unspecified atom stereocenters. The van der Waals surface area contributed by atoms with Gasteiger partial charge in [0.1, 0.15) is 11.6 Å². The molecule has 0 spiro atoms. The van der Waals surface area contributed by atoms with Crippen molar-refractivity contribution in [2.75, 3.05) is 14.1 Å². The summed E-state index contributed by atoms with van der Waals surface area (Å²) in [4.78, 5) is 6.22. The van der Waals surface area contributed by atoms with E-state index >= 15 is 0 Å². The van der Waals surface area contributed by atoms with Crippen molar-refractivity contribution in [1.29, 1.82) is 0 Å². The van der Waals surface area contributed by atoms with Gasteiger partial charge in [0.2, 0.25) is 0 Å². The second kappa shape index (κ2) is 7.02. The van der Waals surface area contributed by atoms with E-state index in [0.717, 1.165) is 23.2 Å². The molecule has 22 heavy (non-hydrogen) atoms. The fourth-order valence-corrected chi connectivity index (χ4v) is 2.09. The summed E-state index contributed by atoms with van der Waals surface area (Å²) in [5.41, 5.74) is 1.02. The molecule has 0 aliphatic carbocycles. The number of rotatable bonds is 4. The first-order valence-corrected chi connectivity index (χ1v) is 7.02. The van der Waals surface area contributed by atoms with E-state index in [-0.39, 0.29) is 5.82 Å². The van der Waals surface area contributed by atoms with Gasteiger partial charge in [0, 0.05) is 27.7 Å². The van der Waals surface area contributed by atoms with Gasteiger partial charge < -0.3 is 14.8 Å². The first kappa shape index (κ1) is 15.9. The van der Waals surface area contributed by atoms with Crippen LogP contribution in [-0.2, 0) is 20.1 Å². The fourth-order valence-electron chi connectivity index (χ4n) is 2.09. The standard InChI is InChI=1S/C15H21FN6/c1-11-19-20-14(22(11)4)9-18-15(17-2)21(3)10-12-5-7-13(16)8-6-12/h5-8H,9-10H2,1-4H3,(H,17,18). The van der Waals surface area contributed by atoms with Crippen molar-refractivity contribution < 1.29 is 4.39 Å². The van der Waals surface area contributed by atoms with E-state index in [1.54, 1.807) is 19.2 Å². The smallest absolute Gasteiger partial charge is 0.194 e. The topological polar surface area (TPSA) is 58.3 Å². The maximum atomic E-state index is 12.9. The van der Waals surface area contributed by atoms with Crippen LogP contribution in [0.5, 0.6) is 0 Å². The second-order valence-corrected chi connectivity index (χ2v) is 5.11. The SMILES string of the molecule is CN=C(NCc1nnc(C)n1C)N(C)Cc1ccc(F)cc1. The Hall–Kier alpha value is -2.44. The molecule has 7 heteroatoms. The minimum absolute atomic E-state index is 0.230. The Labute approximate surface area is 129 Å². The van der Waals surface area contributed by atoms with E-state index in [1.807, 2.05) is 30.5 Å². The maximum Gasteiger partial charge on any atom is 0.194 e. The van der Waals surface area contributed by atoms with Gasteiger partial charge >= 0.3 is 0 Å². The van der Waals surface area contributed by atoms with E-state index in [0.29, 0.717) is 13.1 Å². The summed E-state index contributed by atoms with van der Waals surface area (Å²) in [5.74, 6) is 2.22. The van der Waals surface area contributed by atoms with Crippen LogP contribution in [0.4, 0.5) is 4.39 Å². The van der Waals surface area contributed by atoms with Gasteiger partial charge in [-0.3, -0.25) is 4.99 Å². The van der Waals surface area contributed by atoms with Gasteiger partial charge in [0.15, 0.2) is 11.8 Å². The molecule has 0 saturated heterocycles. The van der Waals surface area contributed by atoms with E-state index in [1.165, 1.54) is 12.1 Å². The van der Waals surface area contributed by atoms with Gasteiger partial charge in [-0.25, -0.2) is 4.39 Å². The van der Waals surface area contributed by atoms with E-state index in [2.05, 4.69) is 20.5 Å². The van der Waals surface area contributed by atoms with Gasteiger partial charge in [-0.05, 0) is 24.6 Å². The summed E-state index contributed by atoms with van der Waals surface area (Å²) in [7, 11) is 5.59. The van der Waals surface area contributed by atoms with Crippen LogP contribution in [0, 0.1) is 12.7 Å². The number of hydrogen-bond acceptors (Lipinski definition) is 3. The Bertz CT molecular complexity index is 647. The molecule has 1 heterocycles. The molecule has 2 rings (SSSR count). The van der Waals surface area contributed by atoms with E-state index in [4.69, 9.17) is 0 Å². The Kier molecular flexibility index (Phi) is 5.08. The lowest BCUT2D eigenvalue weighted by Gasteiger charge is -2.22. The molecule has 0 amide bonds.